The second kappa shape index (κ2) is 14.3. The number of benzene rings is 2. The van der Waals surface area contributed by atoms with Crippen molar-refractivity contribution in [2.24, 2.45) is 0 Å². The Kier molecular flexibility index (Phi) is 10.5. The van der Waals surface area contributed by atoms with Crippen LogP contribution in [-0.4, -0.2) is 95.2 Å². The maximum Gasteiger partial charge on any atom is 0.261 e. The van der Waals surface area contributed by atoms with Gasteiger partial charge in [-0.15, -0.1) is 0 Å². The molecule has 11 nitrogen and oxygen atoms in total. The second-order valence-electron chi connectivity index (χ2n) is 8.97. The van der Waals surface area contributed by atoms with Gasteiger partial charge < -0.3 is 33.7 Å². The maximum absolute atomic E-state index is 12.3. The van der Waals surface area contributed by atoms with E-state index in [0.29, 0.717) is 63.1 Å². The predicted octanol–water partition coefficient (Wildman–Crippen LogP) is 2.21. The summed E-state index contributed by atoms with van der Waals surface area (Å²) in [6.07, 6.45) is 0. The van der Waals surface area contributed by atoms with Gasteiger partial charge in [0.1, 0.15) is 6.61 Å². The van der Waals surface area contributed by atoms with Gasteiger partial charge in [0.25, 0.3) is 11.8 Å². The number of hydrogen-bond acceptors (Lipinski definition) is 9. The Bertz CT molecular complexity index is 1100. The molecule has 1 saturated heterocycles. The number of nitrogens with one attached hydrogen (secondary N) is 1. The van der Waals surface area contributed by atoms with Crippen molar-refractivity contribution in [2.75, 3.05) is 77.9 Å². The van der Waals surface area contributed by atoms with E-state index < -0.39 is 5.79 Å². The summed E-state index contributed by atoms with van der Waals surface area (Å²) in [5.41, 5.74) is 2.34. The molecule has 2 aromatic rings. The van der Waals surface area contributed by atoms with Gasteiger partial charge in [0.15, 0.2) is 5.79 Å². The smallest absolute Gasteiger partial charge is 0.261 e. The molecule has 39 heavy (non-hydrogen) atoms. The highest BCUT2D eigenvalue weighted by Crippen LogP contribution is 2.32. The van der Waals surface area contributed by atoms with Crippen molar-refractivity contribution in [3.05, 3.63) is 65.2 Å². The molecular formula is C28H34N2O9. The average molecular weight is 543 g/mol. The van der Waals surface area contributed by atoms with Crippen LogP contribution >= 0.6 is 0 Å². The number of fused-ring (bicyclic) bond motifs is 1. The first-order valence-electron chi connectivity index (χ1n) is 12.9. The highest BCUT2D eigenvalue weighted by molar-refractivity contribution is 6.21. The van der Waals surface area contributed by atoms with Gasteiger partial charge in [-0.1, -0.05) is 24.3 Å². The minimum atomic E-state index is -0.796. The zero-order valence-electron chi connectivity index (χ0n) is 22.0. The molecule has 0 saturated carbocycles. The Balaban J connectivity index is 0.964. The van der Waals surface area contributed by atoms with E-state index in [-0.39, 0.29) is 44.1 Å². The summed E-state index contributed by atoms with van der Waals surface area (Å²) in [7, 11) is 0. The molecular weight excluding hydrogens is 508 g/mol. The van der Waals surface area contributed by atoms with Crippen LogP contribution < -0.4 is 5.32 Å². The molecule has 210 valence electrons. The van der Waals surface area contributed by atoms with Crippen LogP contribution in [0.15, 0.2) is 48.5 Å². The van der Waals surface area contributed by atoms with Crippen molar-refractivity contribution in [2.45, 2.75) is 12.7 Å². The molecule has 0 aliphatic carbocycles. The quantitative estimate of drug-likeness (QED) is 0.251. The van der Waals surface area contributed by atoms with E-state index in [2.05, 4.69) is 5.32 Å². The van der Waals surface area contributed by atoms with Gasteiger partial charge in [-0.25, -0.2) is 0 Å². The number of anilines is 1. The number of hydrogen-bond donors (Lipinski definition) is 1. The molecule has 1 fully saturated rings. The van der Waals surface area contributed by atoms with Crippen LogP contribution in [0.4, 0.5) is 5.69 Å². The highest BCUT2D eigenvalue weighted by atomic mass is 16.7. The molecule has 1 N–H and O–H groups in total. The number of imide groups is 1. The number of nitrogens with zero attached hydrogens (tertiary/aromatic N) is 1. The van der Waals surface area contributed by atoms with Gasteiger partial charge in [-0.05, 0) is 31.2 Å². The monoisotopic (exact) mass is 542 g/mol. The lowest BCUT2D eigenvalue weighted by Crippen LogP contribution is -2.33. The molecule has 3 amide bonds. The summed E-state index contributed by atoms with van der Waals surface area (Å²) in [6, 6.07) is 14.1. The molecule has 0 radical (unpaired) electrons. The van der Waals surface area contributed by atoms with E-state index in [4.69, 9.17) is 28.4 Å². The van der Waals surface area contributed by atoms with Gasteiger partial charge in [-0.3, -0.25) is 19.3 Å². The SMILES string of the molecule is CC1(c2cccc(NC(=O)COCCOCCOCCOCCN3C(=O)c4ccccc4C3=O)c2)OCCO1. The van der Waals surface area contributed by atoms with Crippen LogP contribution in [0.3, 0.4) is 0 Å². The number of ether oxygens (including phenoxy) is 6. The van der Waals surface area contributed by atoms with Gasteiger partial charge in [-0.2, -0.15) is 0 Å². The lowest BCUT2D eigenvalue weighted by atomic mass is 10.1. The van der Waals surface area contributed by atoms with E-state index in [0.717, 1.165) is 5.56 Å². The van der Waals surface area contributed by atoms with E-state index in [9.17, 15) is 14.4 Å². The minimum absolute atomic E-state index is 0.0909. The van der Waals surface area contributed by atoms with Crippen LogP contribution in [0.5, 0.6) is 0 Å². The Morgan fingerprint density at radius 2 is 1.38 bits per heavy atom. The molecule has 2 aliphatic rings. The van der Waals surface area contributed by atoms with Crippen LogP contribution in [0.2, 0.25) is 0 Å². The number of carbonyl (C=O) groups is 3. The lowest BCUT2D eigenvalue weighted by molar-refractivity contribution is -0.149. The first kappa shape index (κ1) is 28.8. The van der Waals surface area contributed by atoms with E-state index >= 15 is 0 Å². The topological polar surface area (TPSA) is 122 Å². The summed E-state index contributed by atoms with van der Waals surface area (Å²) in [5, 5.41) is 2.80. The maximum atomic E-state index is 12.3. The summed E-state index contributed by atoms with van der Waals surface area (Å²) < 4.78 is 33.0. The van der Waals surface area contributed by atoms with E-state index in [1.165, 1.54) is 4.90 Å². The fourth-order valence-electron chi connectivity index (χ4n) is 4.18. The molecule has 0 unspecified atom stereocenters. The molecule has 4 rings (SSSR count). The molecule has 11 heteroatoms. The van der Waals surface area contributed by atoms with Crippen LogP contribution in [0.1, 0.15) is 33.2 Å². The summed E-state index contributed by atoms with van der Waals surface area (Å²) in [4.78, 5) is 37.9. The van der Waals surface area contributed by atoms with Crippen LogP contribution in [0.25, 0.3) is 0 Å². The standard InChI is InChI=1S/C28H34N2O9/c1-28(38-17-18-39-28)21-5-4-6-22(19-21)29-25(31)20-37-16-15-36-14-13-35-12-11-34-10-9-30-26(32)23-7-2-3-8-24(23)27(30)33/h2-8,19H,9-18,20H2,1H3,(H,29,31). The largest absolute Gasteiger partial charge is 0.377 e. The normalized spacial score (nSPS) is 16.1. The van der Waals surface area contributed by atoms with Crippen LogP contribution in [-0.2, 0) is 39.0 Å². The minimum Gasteiger partial charge on any atom is -0.377 e. The molecule has 2 aliphatic heterocycles. The van der Waals surface area contributed by atoms with E-state index in [1.54, 1.807) is 30.3 Å². The lowest BCUT2D eigenvalue weighted by Gasteiger charge is -2.23. The molecule has 0 bridgehead atoms. The zero-order valence-corrected chi connectivity index (χ0v) is 22.0. The van der Waals surface area contributed by atoms with Crippen molar-refractivity contribution in [3.8, 4) is 0 Å². The molecule has 0 spiro atoms. The zero-order chi connectivity index (χ0) is 27.5. The number of amides is 3. The molecule has 0 aromatic heterocycles. The highest BCUT2D eigenvalue weighted by Gasteiger charge is 2.35. The Hall–Kier alpha value is -3.19. The molecule has 0 atom stereocenters. The fraction of sp³-hybridized carbons (Fsp3) is 0.464. The van der Waals surface area contributed by atoms with Gasteiger partial charge in [0.2, 0.25) is 5.91 Å². The third-order valence-electron chi connectivity index (χ3n) is 6.20. The van der Waals surface area contributed by atoms with Crippen molar-refractivity contribution >= 4 is 23.4 Å². The first-order chi connectivity index (χ1) is 19.0. The summed E-state index contributed by atoms with van der Waals surface area (Å²) >= 11 is 0. The van der Waals surface area contributed by atoms with Crippen molar-refractivity contribution in [1.29, 1.82) is 0 Å². The Labute approximate surface area is 227 Å². The number of carbonyl (C=O) groups excluding carboxylic acids is 3. The number of rotatable bonds is 16. The summed E-state index contributed by atoms with van der Waals surface area (Å²) in [6.45, 7) is 5.33. The van der Waals surface area contributed by atoms with Crippen molar-refractivity contribution in [1.82, 2.24) is 4.90 Å². The Morgan fingerprint density at radius 3 is 2.00 bits per heavy atom. The van der Waals surface area contributed by atoms with Gasteiger partial charge in [0.05, 0.1) is 77.1 Å². The average Bonchev–Trinajstić information content (AvgIpc) is 3.49. The fourth-order valence-corrected chi connectivity index (χ4v) is 4.18. The van der Waals surface area contributed by atoms with E-state index in [1.807, 2.05) is 25.1 Å². The van der Waals surface area contributed by atoms with Crippen LogP contribution in [0, 0.1) is 0 Å². The second-order valence-corrected chi connectivity index (χ2v) is 8.97. The third-order valence-corrected chi connectivity index (χ3v) is 6.20. The predicted molar refractivity (Wildman–Crippen MR) is 139 cm³/mol. The first-order valence-corrected chi connectivity index (χ1v) is 12.9. The van der Waals surface area contributed by atoms with Crippen molar-refractivity contribution in [3.63, 3.8) is 0 Å². The Morgan fingerprint density at radius 1 is 0.821 bits per heavy atom. The van der Waals surface area contributed by atoms with Gasteiger partial charge in [0, 0.05) is 11.3 Å². The van der Waals surface area contributed by atoms with Gasteiger partial charge >= 0.3 is 0 Å². The molecule has 2 aromatic carbocycles. The van der Waals surface area contributed by atoms with Crippen molar-refractivity contribution < 1.29 is 42.8 Å². The summed E-state index contributed by atoms with van der Waals surface area (Å²) in [5.74, 6) is -1.64. The third kappa shape index (κ3) is 7.91. The molecule has 2 heterocycles.